The first kappa shape index (κ1) is 22.0. The molecule has 1 heterocycles. The SMILES string of the molecule is CC(C)CC(CO)n1cc(C(=O)O)c(=O)c2cc(Cc3cccc(Cl)c3F)ccc21. The van der Waals surface area contributed by atoms with Crippen LogP contribution >= 0.6 is 11.6 Å². The highest BCUT2D eigenvalue weighted by atomic mass is 35.5. The fourth-order valence-corrected chi connectivity index (χ4v) is 3.89. The van der Waals surface area contributed by atoms with Gasteiger partial charge in [-0.05, 0) is 41.7 Å². The molecule has 158 valence electrons. The number of fused-ring (bicyclic) bond motifs is 1. The molecule has 0 spiro atoms. The van der Waals surface area contributed by atoms with Crippen LogP contribution in [0.1, 0.15) is 47.8 Å². The van der Waals surface area contributed by atoms with Gasteiger partial charge in [-0.3, -0.25) is 4.79 Å². The standard InChI is InChI=1S/C23H23ClFNO4/c1-13(2)8-16(12-27)26-11-18(23(29)30)22(28)17-10-14(6-7-20(17)26)9-15-4-3-5-19(24)21(15)25/h3-7,10-11,13,16,27H,8-9,12H2,1-2H3,(H,29,30). The molecule has 1 aromatic heterocycles. The number of hydrogen-bond donors (Lipinski definition) is 2. The highest BCUT2D eigenvalue weighted by molar-refractivity contribution is 6.30. The average Bonchev–Trinajstić information content (AvgIpc) is 2.70. The van der Waals surface area contributed by atoms with Crippen LogP contribution in [0.15, 0.2) is 47.4 Å². The summed E-state index contributed by atoms with van der Waals surface area (Å²) in [4.78, 5) is 24.5. The Labute approximate surface area is 178 Å². The molecule has 1 atom stereocenters. The predicted octanol–water partition coefficient (Wildman–Crippen LogP) is 4.66. The topological polar surface area (TPSA) is 79.5 Å². The minimum absolute atomic E-state index is 0.0169. The van der Waals surface area contributed by atoms with Gasteiger partial charge in [-0.1, -0.05) is 43.6 Å². The van der Waals surface area contributed by atoms with Gasteiger partial charge in [0.1, 0.15) is 11.4 Å². The predicted molar refractivity (Wildman–Crippen MR) is 115 cm³/mol. The molecule has 1 unspecified atom stereocenters. The molecular formula is C23H23ClFNO4. The minimum Gasteiger partial charge on any atom is -0.477 e. The van der Waals surface area contributed by atoms with E-state index >= 15 is 0 Å². The van der Waals surface area contributed by atoms with Gasteiger partial charge in [0, 0.05) is 18.0 Å². The molecule has 0 fully saturated rings. The Kier molecular flexibility index (Phi) is 6.58. The Morgan fingerprint density at radius 1 is 1.23 bits per heavy atom. The number of hydrogen-bond acceptors (Lipinski definition) is 3. The van der Waals surface area contributed by atoms with Crippen molar-refractivity contribution < 1.29 is 19.4 Å². The van der Waals surface area contributed by atoms with Crippen molar-refractivity contribution in [3.8, 4) is 0 Å². The molecule has 0 aliphatic rings. The van der Waals surface area contributed by atoms with Crippen LogP contribution in [0.4, 0.5) is 4.39 Å². The monoisotopic (exact) mass is 431 g/mol. The van der Waals surface area contributed by atoms with E-state index in [1.54, 1.807) is 34.9 Å². The lowest BCUT2D eigenvalue weighted by Gasteiger charge is -2.23. The lowest BCUT2D eigenvalue weighted by atomic mass is 9.99. The van der Waals surface area contributed by atoms with Crippen molar-refractivity contribution in [3.05, 3.63) is 80.3 Å². The van der Waals surface area contributed by atoms with E-state index in [-0.39, 0.29) is 41.0 Å². The van der Waals surface area contributed by atoms with Crippen molar-refractivity contribution in [1.82, 2.24) is 4.57 Å². The van der Waals surface area contributed by atoms with Gasteiger partial charge < -0.3 is 14.8 Å². The number of benzene rings is 2. The maximum atomic E-state index is 14.3. The van der Waals surface area contributed by atoms with Crippen LogP contribution in [-0.2, 0) is 6.42 Å². The Morgan fingerprint density at radius 3 is 2.60 bits per heavy atom. The fourth-order valence-electron chi connectivity index (χ4n) is 3.69. The number of carboxylic acid groups (broad SMARTS) is 1. The number of aromatic nitrogens is 1. The Morgan fingerprint density at radius 2 is 1.97 bits per heavy atom. The van der Waals surface area contributed by atoms with E-state index < -0.39 is 17.2 Å². The van der Waals surface area contributed by atoms with Crippen molar-refractivity contribution in [2.45, 2.75) is 32.7 Å². The maximum absolute atomic E-state index is 14.3. The van der Waals surface area contributed by atoms with Gasteiger partial charge >= 0.3 is 5.97 Å². The molecule has 0 saturated carbocycles. The molecule has 2 aromatic carbocycles. The molecular weight excluding hydrogens is 409 g/mol. The summed E-state index contributed by atoms with van der Waals surface area (Å²) in [5.74, 6) is -1.59. The minimum atomic E-state index is -1.33. The normalized spacial score (nSPS) is 12.5. The molecule has 0 aliphatic carbocycles. The average molecular weight is 432 g/mol. The van der Waals surface area contributed by atoms with Gasteiger partial charge in [-0.25, -0.2) is 9.18 Å². The van der Waals surface area contributed by atoms with Crippen LogP contribution in [-0.4, -0.2) is 27.4 Å². The van der Waals surface area contributed by atoms with Gasteiger partial charge in [0.15, 0.2) is 0 Å². The molecule has 0 amide bonds. The highest BCUT2D eigenvalue weighted by Crippen LogP contribution is 2.25. The largest absolute Gasteiger partial charge is 0.477 e. The van der Waals surface area contributed by atoms with Crippen molar-refractivity contribution in [3.63, 3.8) is 0 Å². The second kappa shape index (κ2) is 8.98. The molecule has 7 heteroatoms. The molecule has 0 saturated heterocycles. The van der Waals surface area contributed by atoms with E-state index in [2.05, 4.69) is 0 Å². The second-order valence-electron chi connectivity index (χ2n) is 7.79. The van der Waals surface area contributed by atoms with Gasteiger partial charge in [0.25, 0.3) is 0 Å². The zero-order valence-corrected chi connectivity index (χ0v) is 17.5. The Hall–Kier alpha value is -2.70. The van der Waals surface area contributed by atoms with Crippen LogP contribution in [0, 0.1) is 11.7 Å². The number of pyridine rings is 1. The van der Waals surface area contributed by atoms with E-state index in [0.717, 1.165) is 0 Å². The van der Waals surface area contributed by atoms with Gasteiger partial charge in [-0.2, -0.15) is 0 Å². The highest BCUT2D eigenvalue weighted by Gasteiger charge is 2.20. The lowest BCUT2D eigenvalue weighted by molar-refractivity contribution is 0.0694. The number of rotatable bonds is 7. The number of aromatic carboxylic acids is 1. The molecule has 5 nitrogen and oxygen atoms in total. The molecule has 0 aliphatic heterocycles. The zero-order chi connectivity index (χ0) is 22.0. The lowest BCUT2D eigenvalue weighted by Crippen LogP contribution is -2.23. The number of carbonyl (C=O) groups is 1. The summed E-state index contributed by atoms with van der Waals surface area (Å²) in [6.07, 6.45) is 2.12. The summed E-state index contributed by atoms with van der Waals surface area (Å²) in [5.41, 5.74) is 0.586. The third-order valence-electron chi connectivity index (χ3n) is 5.10. The smallest absolute Gasteiger partial charge is 0.341 e. The fraction of sp³-hybridized carbons (Fsp3) is 0.304. The Bertz CT molecular complexity index is 1160. The first-order valence-electron chi connectivity index (χ1n) is 9.67. The van der Waals surface area contributed by atoms with E-state index in [0.29, 0.717) is 23.1 Å². The maximum Gasteiger partial charge on any atom is 0.341 e. The summed E-state index contributed by atoms with van der Waals surface area (Å²) in [6, 6.07) is 9.41. The number of carboxylic acids is 1. The second-order valence-corrected chi connectivity index (χ2v) is 8.20. The zero-order valence-electron chi connectivity index (χ0n) is 16.7. The van der Waals surface area contributed by atoms with Crippen LogP contribution < -0.4 is 5.43 Å². The van der Waals surface area contributed by atoms with E-state index in [1.165, 1.54) is 12.3 Å². The number of aliphatic hydroxyl groups excluding tert-OH is 1. The molecule has 0 bridgehead atoms. The van der Waals surface area contributed by atoms with E-state index in [4.69, 9.17) is 11.6 Å². The molecule has 3 rings (SSSR count). The molecule has 3 aromatic rings. The van der Waals surface area contributed by atoms with Crippen LogP contribution in [0.2, 0.25) is 5.02 Å². The van der Waals surface area contributed by atoms with Crippen molar-refractivity contribution >= 4 is 28.5 Å². The van der Waals surface area contributed by atoms with Crippen molar-refractivity contribution in [1.29, 1.82) is 0 Å². The van der Waals surface area contributed by atoms with E-state index in [9.17, 15) is 24.2 Å². The first-order chi connectivity index (χ1) is 14.2. The quantitative estimate of drug-likeness (QED) is 0.570. The summed E-state index contributed by atoms with van der Waals surface area (Å²) < 4.78 is 15.9. The molecule has 30 heavy (non-hydrogen) atoms. The number of halogens is 2. The van der Waals surface area contributed by atoms with Gasteiger partial charge in [-0.15, -0.1) is 0 Å². The number of nitrogens with zero attached hydrogens (tertiary/aromatic N) is 1. The summed E-state index contributed by atoms with van der Waals surface area (Å²) >= 11 is 5.85. The van der Waals surface area contributed by atoms with E-state index in [1.807, 2.05) is 13.8 Å². The summed E-state index contributed by atoms with van der Waals surface area (Å²) in [5, 5.41) is 19.6. The Balaban J connectivity index is 2.18. The van der Waals surface area contributed by atoms with Gasteiger partial charge in [0.05, 0.1) is 23.2 Å². The summed E-state index contributed by atoms with van der Waals surface area (Å²) in [7, 11) is 0. The van der Waals surface area contributed by atoms with Crippen LogP contribution in [0.5, 0.6) is 0 Å². The molecule has 2 N–H and O–H groups in total. The first-order valence-corrected chi connectivity index (χ1v) is 10.1. The van der Waals surface area contributed by atoms with Crippen molar-refractivity contribution in [2.24, 2.45) is 5.92 Å². The third kappa shape index (κ3) is 4.40. The summed E-state index contributed by atoms with van der Waals surface area (Å²) in [6.45, 7) is 3.82. The molecule has 0 radical (unpaired) electrons. The van der Waals surface area contributed by atoms with Crippen LogP contribution in [0.25, 0.3) is 10.9 Å². The number of aliphatic hydroxyl groups is 1. The van der Waals surface area contributed by atoms with Gasteiger partial charge in [0.2, 0.25) is 5.43 Å². The third-order valence-corrected chi connectivity index (χ3v) is 5.39. The van der Waals surface area contributed by atoms with Crippen molar-refractivity contribution in [2.75, 3.05) is 6.61 Å². The van der Waals surface area contributed by atoms with Crippen LogP contribution in [0.3, 0.4) is 0 Å².